The van der Waals surface area contributed by atoms with Gasteiger partial charge >= 0.3 is 0 Å². The summed E-state index contributed by atoms with van der Waals surface area (Å²) in [5.74, 6) is 1.38. The predicted octanol–water partition coefficient (Wildman–Crippen LogP) is 3.59. The number of benzene rings is 1. The molecule has 1 aromatic rings. The van der Waals surface area contributed by atoms with E-state index >= 15 is 0 Å². The van der Waals surface area contributed by atoms with Crippen LogP contribution in [0.15, 0.2) is 24.3 Å². The molecule has 0 aliphatic heterocycles. The van der Waals surface area contributed by atoms with Crippen LogP contribution in [0, 0.1) is 5.41 Å². The van der Waals surface area contributed by atoms with Crippen LogP contribution in [-0.2, 0) is 9.05 Å². The van der Waals surface area contributed by atoms with Gasteiger partial charge in [0.15, 0.2) is 0 Å². The van der Waals surface area contributed by atoms with E-state index in [0.29, 0.717) is 12.4 Å². The Labute approximate surface area is 130 Å². The lowest BCUT2D eigenvalue weighted by Crippen LogP contribution is -2.36. The minimum absolute atomic E-state index is 0.0223. The highest BCUT2D eigenvalue weighted by molar-refractivity contribution is 8.13. The lowest BCUT2D eigenvalue weighted by molar-refractivity contribution is 0.119. The molecule has 0 saturated heterocycles. The smallest absolute Gasteiger partial charge is 0.233 e. The molecule has 0 aromatic heterocycles. The Bertz CT molecular complexity index is 565. The first-order chi connectivity index (χ1) is 9.92. The average Bonchev–Trinajstić information content (AvgIpc) is 2.45. The van der Waals surface area contributed by atoms with Gasteiger partial charge in [0.1, 0.15) is 11.5 Å². The topological polar surface area (TPSA) is 52.6 Å². The first kappa shape index (κ1) is 16.4. The average molecular weight is 333 g/mol. The fourth-order valence-corrected chi connectivity index (χ4v) is 4.72. The molecule has 0 radical (unpaired) electrons. The van der Waals surface area contributed by atoms with Crippen LogP contribution in [0.3, 0.4) is 0 Å². The molecule has 0 unspecified atom stereocenters. The molecule has 1 aromatic carbocycles. The van der Waals surface area contributed by atoms with Crippen LogP contribution in [0.25, 0.3) is 0 Å². The van der Waals surface area contributed by atoms with Gasteiger partial charge in [-0.3, -0.25) is 0 Å². The van der Waals surface area contributed by atoms with Crippen molar-refractivity contribution >= 4 is 19.7 Å². The highest BCUT2D eigenvalue weighted by Gasteiger charge is 2.37. The zero-order valence-electron chi connectivity index (χ0n) is 12.2. The van der Waals surface area contributed by atoms with Crippen molar-refractivity contribution in [2.24, 2.45) is 5.41 Å². The Hall–Kier alpha value is -0.940. The summed E-state index contributed by atoms with van der Waals surface area (Å²) in [5.41, 5.74) is -0.373. The molecular weight excluding hydrogens is 312 g/mol. The molecule has 0 bridgehead atoms. The Morgan fingerprint density at radius 1 is 1.19 bits per heavy atom. The van der Waals surface area contributed by atoms with Gasteiger partial charge in [-0.15, -0.1) is 0 Å². The van der Waals surface area contributed by atoms with Gasteiger partial charge in [0.2, 0.25) is 9.05 Å². The van der Waals surface area contributed by atoms with E-state index < -0.39 is 9.05 Å². The number of rotatable bonds is 6. The van der Waals surface area contributed by atoms with Crippen molar-refractivity contribution in [2.75, 3.05) is 19.5 Å². The summed E-state index contributed by atoms with van der Waals surface area (Å²) in [5, 5.41) is 0. The van der Waals surface area contributed by atoms with Crippen LogP contribution in [0.2, 0.25) is 0 Å². The van der Waals surface area contributed by atoms with Crippen molar-refractivity contribution in [2.45, 2.75) is 32.1 Å². The van der Waals surface area contributed by atoms with Crippen LogP contribution in [-0.4, -0.2) is 27.9 Å². The summed E-state index contributed by atoms with van der Waals surface area (Å²) in [7, 11) is 3.55. The van der Waals surface area contributed by atoms with Gasteiger partial charge in [0, 0.05) is 22.2 Å². The fraction of sp³-hybridized carbons (Fsp3) is 0.600. The van der Waals surface area contributed by atoms with Crippen LogP contribution in [0.1, 0.15) is 32.1 Å². The van der Waals surface area contributed by atoms with Crippen molar-refractivity contribution in [1.82, 2.24) is 0 Å². The summed E-state index contributed by atoms with van der Waals surface area (Å²) < 4.78 is 34.0. The molecular formula is C15H21ClO4S. The van der Waals surface area contributed by atoms with Crippen LogP contribution in [0.5, 0.6) is 11.5 Å². The largest absolute Gasteiger partial charge is 0.497 e. The van der Waals surface area contributed by atoms with Crippen molar-refractivity contribution < 1.29 is 17.9 Å². The second kappa shape index (κ2) is 6.88. The maximum atomic E-state index is 11.5. The molecule has 0 heterocycles. The third-order valence-electron chi connectivity index (χ3n) is 3.98. The van der Waals surface area contributed by atoms with Crippen molar-refractivity contribution in [3.8, 4) is 11.5 Å². The Morgan fingerprint density at radius 3 is 2.48 bits per heavy atom. The first-order valence-electron chi connectivity index (χ1n) is 7.12. The summed E-state index contributed by atoms with van der Waals surface area (Å²) in [4.78, 5) is 0. The van der Waals surface area contributed by atoms with Crippen molar-refractivity contribution in [1.29, 1.82) is 0 Å². The van der Waals surface area contributed by atoms with E-state index in [1.165, 1.54) is 0 Å². The summed E-state index contributed by atoms with van der Waals surface area (Å²) in [6.07, 6.45) is 4.86. The zero-order chi connectivity index (χ0) is 15.3. The van der Waals surface area contributed by atoms with Crippen molar-refractivity contribution in [3.63, 3.8) is 0 Å². The molecule has 4 nitrogen and oxygen atoms in total. The molecule has 118 valence electrons. The van der Waals surface area contributed by atoms with Crippen LogP contribution in [0.4, 0.5) is 0 Å². The first-order valence-corrected chi connectivity index (χ1v) is 9.60. The maximum absolute atomic E-state index is 11.5. The highest BCUT2D eigenvalue weighted by atomic mass is 35.7. The fourth-order valence-electron chi connectivity index (χ4n) is 2.93. The van der Waals surface area contributed by atoms with E-state index in [0.717, 1.165) is 37.9 Å². The second-order valence-electron chi connectivity index (χ2n) is 5.71. The number of methoxy groups -OCH3 is 1. The van der Waals surface area contributed by atoms with E-state index in [9.17, 15) is 8.42 Å². The molecule has 0 spiro atoms. The van der Waals surface area contributed by atoms with Gasteiger partial charge in [-0.05, 0) is 25.0 Å². The van der Waals surface area contributed by atoms with Crippen molar-refractivity contribution in [3.05, 3.63) is 24.3 Å². The zero-order valence-corrected chi connectivity index (χ0v) is 13.8. The molecule has 6 heteroatoms. The molecule has 1 aliphatic rings. The Kier molecular flexibility index (Phi) is 5.38. The number of ether oxygens (including phenoxy) is 2. The number of halogens is 1. The standard InChI is InChI=1S/C15H21ClO4S/c1-19-13-6-5-7-14(10-13)20-11-15(12-21(16,17)18)8-3-2-4-9-15/h5-7,10H,2-4,8-9,11-12H2,1H3. The van der Waals surface area contributed by atoms with Gasteiger partial charge < -0.3 is 9.47 Å². The van der Waals surface area contributed by atoms with E-state index in [4.69, 9.17) is 20.2 Å². The second-order valence-corrected chi connectivity index (χ2v) is 8.49. The predicted molar refractivity (Wildman–Crippen MR) is 83.6 cm³/mol. The molecule has 0 atom stereocenters. The summed E-state index contributed by atoms with van der Waals surface area (Å²) >= 11 is 0. The van der Waals surface area contributed by atoms with Crippen LogP contribution >= 0.6 is 10.7 Å². The van der Waals surface area contributed by atoms with Gasteiger partial charge in [0.05, 0.1) is 19.5 Å². The third-order valence-corrected chi connectivity index (χ3v) is 5.26. The van der Waals surface area contributed by atoms with E-state index in [-0.39, 0.29) is 11.2 Å². The third kappa shape index (κ3) is 5.08. The van der Waals surface area contributed by atoms with Crippen LogP contribution < -0.4 is 9.47 Å². The maximum Gasteiger partial charge on any atom is 0.233 e. The van der Waals surface area contributed by atoms with Gasteiger partial charge in [0.25, 0.3) is 0 Å². The Balaban J connectivity index is 2.08. The minimum Gasteiger partial charge on any atom is -0.497 e. The summed E-state index contributed by atoms with van der Waals surface area (Å²) in [6.45, 7) is 0.367. The van der Waals surface area contributed by atoms with Gasteiger partial charge in [-0.2, -0.15) is 0 Å². The number of hydrogen-bond acceptors (Lipinski definition) is 4. The molecule has 1 fully saturated rings. The quantitative estimate of drug-likeness (QED) is 0.747. The number of hydrogen-bond donors (Lipinski definition) is 0. The molecule has 2 rings (SSSR count). The highest BCUT2D eigenvalue weighted by Crippen LogP contribution is 2.39. The molecule has 0 amide bonds. The molecule has 1 aliphatic carbocycles. The van der Waals surface area contributed by atoms with Gasteiger partial charge in [-0.25, -0.2) is 8.42 Å². The molecule has 1 saturated carbocycles. The van der Waals surface area contributed by atoms with E-state index in [1.54, 1.807) is 13.2 Å². The lowest BCUT2D eigenvalue weighted by atomic mass is 9.76. The molecule has 21 heavy (non-hydrogen) atoms. The molecule has 0 N–H and O–H groups in total. The normalized spacial score (nSPS) is 18.2. The van der Waals surface area contributed by atoms with Gasteiger partial charge in [-0.1, -0.05) is 25.3 Å². The monoisotopic (exact) mass is 332 g/mol. The Morgan fingerprint density at radius 2 is 1.86 bits per heavy atom. The summed E-state index contributed by atoms with van der Waals surface area (Å²) in [6, 6.07) is 7.33. The van der Waals surface area contributed by atoms with E-state index in [1.807, 2.05) is 18.2 Å². The minimum atomic E-state index is -3.53. The van der Waals surface area contributed by atoms with E-state index in [2.05, 4.69) is 0 Å². The lowest BCUT2D eigenvalue weighted by Gasteiger charge is -2.35. The SMILES string of the molecule is COc1cccc(OCC2(CS(=O)(=O)Cl)CCCCC2)c1.